The second kappa shape index (κ2) is 8.27. The Labute approximate surface area is 148 Å². The quantitative estimate of drug-likeness (QED) is 0.646. The average Bonchev–Trinajstić information content (AvgIpc) is 2.64. The van der Waals surface area contributed by atoms with Crippen LogP contribution in [0, 0.1) is 0 Å². The summed E-state index contributed by atoms with van der Waals surface area (Å²) < 4.78 is 5.84. The highest BCUT2D eigenvalue weighted by atomic mass is 32.1. The van der Waals surface area contributed by atoms with Crippen LogP contribution in [0.15, 0.2) is 91.0 Å². The summed E-state index contributed by atoms with van der Waals surface area (Å²) >= 11 is 5.32. The summed E-state index contributed by atoms with van der Waals surface area (Å²) in [6.07, 6.45) is 0. The second-order valence-electron chi connectivity index (χ2n) is 5.46. The predicted octanol–water partition coefficient (Wildman–Crippen LogP) is 5.23. The fourth-order valence-corrected chi connectivity index (χ4v) is 2.78. The molecule has 120 valence electrons. The van der Waals surface area contributed by atoms with Gasteiger partial charge in [0, 0.05) is 11.6 Å². The van der Waals surface area contributed by atoms with Gasteiger partial charge in [-0.2, -0.15) is 0 Å². The van der Waals surface area contributed by atoms with E-state index in [0.717, 1.165) is 5.69 Å². The number of para-hydroxylation sites is 1. The maximum Gasteiger partial charge on any atom is 0.261 e. The SMILES string of the molecule is S=C(Nc1ccccc1)OCC(c1ccccc1)c1ccccc1. The lowest BCUT2D eigenvalue weighted by Gasteiger charge is -2.19. The van der Waals surface area contributed by atoms with Crippen molar-refractivity contribution < 1.29 is 4.74 Å². The minimum Gasteiger partial charge on any atom is -0.470 e. The van der Waals surface area contributed by atoms with Gasteiger partial charge >= 0.3 is 0 Å². The molecular formula is C21H19NOS. The molecule has 0 aliphatic carbocycles. The molecule has 0 amide bonds. The lowest BCUT2D eigenvalue weighted by Crippen LogP contribution is -2.18. The molecule has 0 atom stereocenters. The van der Waals surface area contributed by atoms with E-state index in [-0.39, 0.29) is 5.92 Å². The van der Waals surface area contributed by atoms with E-state index in [2.05, 4.69) is 29.6 Å². The highest BCUT2D eigenvalue weighted by Gasteiger charge is 2.15. The van der Waals surface area contributed by atoms with Gasteiger partial charge in [-0.3, -0.25) is 0 Å². The van der Waals surface area contributed by atoms with Gasteiger partial charge in [0.1, 0.15) is 6.61 Å². The van der Waals surface area contributed by atoms with Crippen LogP contribution in [0.1, 0.15) is 17.0 Å². The summed E-state index contributed by atoms with van der Waals surface area (Å²) in [7, 11) is 0. The molecule has 3 aromatic rings. The molecule has 0 saturated heterocycles. The van der Waals surface area contributed by atoms with Gasteiger partial charge in [0.15, 0.2) is 0 Å². The van der Waals surface area contributed by atoms with E-state index < -0.39 is 0 Å². The number of nitrogens with one attached hydrogen (secondary N) is 1. The van der Waals surface area contributed by atoms with E-state index in [4.69, 9.17) is 17.0 Å². The summed E-state index contributed by atoms with van der Waals surface area (Å²) in [5.74, 6) is 0.142. The first-order valence-electron chi connectivity index (χ1n) is 7.91. The molecule has 3 aromatic carbocycles. The molecule has 1 N–H and O–H groups in total. The fourth-order valence-electron chi connectivity index (χ4n) is 2.59. The second-order valence-corrected chi connectivity index (χ2v) is 5.83. The van der Waals surface area contributed by atoms with Gasteiger partial charge in [-0.1, -0.05) is 78.9 Å². The third-order valence-electron chi connectivity index (χ3n) is 3.81. The first-order valence-corrected chi connectivity index (χ1v) is 8.32. The predicted molar refractivity (Wildman–Crippen MR) is 103 cm³/mol. The minimum atomic E-state index is 0.142. The van der Waals surface area contributed by atoms with Crippen molar-refractivity contribution in [3.63, 3.8) is 0 Å². The summed E-state index contributed by atoms with van der Waals surface area (Å²) in [5.41, 5.74) is 3.36. The smallest absolute Gasteiger partial charge is 0.261 e. The molecule has 0 radical (unpaired) electrons. The molecule has 0 saturated carbocycles. The Bertz CT molecular complexity index is 720. The van der Waals surface area contributed by atoms with Crippen molar-refractivity contribution in [1.29, 1.82) is 0 Å². The van der Waals surface area contributed by atoms with Crippen LogP contribution in [-0.4, -0.2) is 11.8 Å². The van der Waals surface area contributed by atoms with Crippen molar-refractivity contribution >= 4 is 23.1 Å². The Kier molecular flexibility index (Phi) is 5.59. The van der Waals surface area contributed by atoms with Gasteiger partial charge in [-0.25, -0.2) is 0 Å². The summed E-state index contributed by atoms with van der Waals surface area (Å²) in [6, 6.07) is 30.5. The topological polar surface area (TPSA) is 21.3 Å². The van der Waals surface area contributed by atoms with Crippen molar-refractivity contribution in [3.05, 3.63) is 102 Å². The molecule has 24 heavy (non-hydrogen) atoms. The molecule has 0 fully saturated rings. The van der Waals surface area contributed by atoms with E-state index in [1.165, 1.54) is 11.1 Å². The van der Waals surface area contributed by atoms with Crippen LogP contribution in [0.5, 0.6) is 0 Å². The molecule has 0 aromatic heterocycles. The van der Waals surface area contributed by atoms with Gasteiger partial charge < -0.3 is 10.1 Å². The molecule has 0 unspecified atom stereocenters. The maximum atomic E-state index is 5.84. The van der Waals surface area contributed by atoms with E-state index in [1.807, 2.05) is 66.7 Å². The molecule has 3 heteroatoms. The van der Waals surface area contributed by atoms with Crippen LogP contribution < -0.4 is 5.32 Å². The highest BCUT2D eigenvalue weighted by Crippen LogP contribution is 2.25. The number of anilines is 1. The number of rotatable bonds is 5. The van der Waals surface area contributed by atoms with Crippen LogP contribution >= 0.6 is 12.2 Å². The Morgan fingerprint density at radius 3 is 1.71 bits per heavy atom. The Hall–Kier alpha value is -2.65. The molecular weight excluding hydrogens is 314 g/mol. The number of ether oxygens (including phenoxy) is 1. The van der Waals surface area contributed by atoms with Crippen molar-refractivity contribution in [2.24, 2.45) is 0 Å². The Morgan fingerprint density at radius 1 is 0.750 bits per heavy atom. The Morgan fingerprint density at radius 2 is 1.21 bits per heavy atom. The van der Waals surface area contributed by atoms with Crippen molar-refractivity contribution in [2.45, 2.75) is 5.92 Å². The fraction of sp³-hybridized carbons (Fsp3) is 0.0952. The van der Waals surface area contributed by atoms with Crippen LogP contribution in [0.2, 0.25) is 0 Å². The summed E-state index contributed by atoms with van der Waals surface area (Å²) in [4.78, 5) is 0. The zero-order valence-corrected chi connectivity index (χ0v) is 14.1. The first kappa shape index (κ1) is 16.2. The normalized spacial score (nSPS) is 10.4. The third-order valence-corrected chi connectivity index (χ3v) is 4.03. The first-order chi connectivity index (χ1) is 11.8. The molecule has 0 spiro atoms. The molecule has 0 bridgehead atoms. The molecule has 0 heterocycles. The van der Waals surface area contributed by atoms with E-state index in [0.29, 0.717) is 11.8 Å². The third kappa shape index (κ3) is 4.43. The maximum absolute atomic E-state index is 5.84. The zero-order valence-electron chi connectivity index (χ0n) is 13.3. The monoisotopic (exact) mass is 333 g/mol. The van der Waals surface area contributed by atoms with Crippen LogP contribution in [0.25, 0.3) is 0 Å². The highest BCUT2D eigenvalue weighted by molar-refractivity contribution is 7.80. The van der Waals surface area contributed by atoms with Gasteiger partial charge in [-0.15, -0.1) is 0 Å². The Balaban J connectivity index is 1.70. The van der Waals surface area contributed by atoms with Gasteiger partial charge in [0.25, 0.3) is 5.17 Å². The molecule has 3 rings (SSSR count). The number of hydrogen-bond acceptors (Lipinski definition) is 2. The van der Waals surface area contributed by atoms with Crippen molar-refractivity contribution in [1.82, 2.24) is 0 Å². The van der Waals surface area contributed by atoms with Gasteiger partial charge in [-0.05, 0) is 35.5 Å². The van der Waals surface area contributed by atoms with E-state index >= 15 is 0 Å². The van der Waals surface area contributed by atoms with Crippen molar-refractivity contribution in [2.75, 3.05) is 11.9 Å². The zero-order chi connectivity index (χ0) is 16.6. The summed E-state index contributed by atoms with van der Waals surface area (Å²) in [6.45, 7) is 0.493. The summed E-state index contributed by atoms with van der Waals surface area (Å²) in [5, 5.41) is 3.50. The molecule has 0 aliphatic rings. The van der Waals surface area contributed by atoms with Gasteiger partial charge in [0.2, 0.25) is 0 Å². The van der Waals surface area contributed by atoms with Crippen LogP contribution in [-0.2, 0) is 4.74 Å². The number of benzene rings is 3. The van der Waals surface area contributed by atoms with Crippen LogP contribution in [0.3, 0.4) is 0 Å². The van der Waals surface area contributed by atoms with E-state index in [1.54, 1.807) is 0 Å². The average molecular weight is 333 g/mol. The lowest BCUT2D eigenvalue weighted by molar-refractivity contribution is 0.297. The molecule has 0 aliphatic heterocycles. The van der Waals surface area contributed by atoms with Crippen LogP contribution in [0.4, 0.5) is 5.69 Å². The van der Waals surface area contributed by atoms with Crippen molar-refractivity contribution in [3.8, 4) is 0 Å². The lowest BCUT2D eigenvalue weighted by atomic mass is 9.92. The van der Waals surface area contributed by atoms with Gasteiger partial charge in [0.05, 0.1) is 0 Å². The number of thiocarbonyl (C=S) groups is 1. The standard InChI is InChI=1S/C21H19NOS/c24-21(22-19-14-8-3-9-15-19)23-16-20(17-10-4-1-5-11-17)18-12-6-2-7-13-18/h1-15,20H,16H2,(H,22,24). The minimum absolute atomic E-state index is 0.142. The van der Waals surface area contributed by atoms with E-state index in [9.17, 15) is 0 Å². The largest absolute Gasteiger partial charge is 0.470 e. The molecule has 2 nitrogen and oxygen atoms in total. The number of hydrogen-bond donors (Lipinski definition) is 1.